The molecule has 0 bridgehead atoms. The van der Waals surface area contributed by atoms with Gasteiger partial charge in [-0.05, 0) is 17.4 Å². The zero-order valence-electron chi connectivity index (χ0n) is 7.93. The molecule has 2 aromatic heterocycles. The summed E-state index contributed by atoms with van der Waals surface area (Å²) in [6.45, 7) is 2.32. The van der Waals surface area contributed by atoms with Gasteiger partial charge in [-0.1, -0.05) is 5.10 Å². The van der Waals surface area contributed by atoms with Crippen LogP contribution in [0.25, 0.3) is 0 Å². The summed E-state index contributed by atoms with van der Waals surface area (Å²) in [5.41, 5.74) is 0. The summed E-state index contributed by atoms with van der Waals surface area (Å²) in [6.07, 6.45) is 1.67. The van der Waals surface area contributed by atoms with E-state index in [0.29, 0.717) is 18.4 Å². The molecule has 2 heterocycles. The fraction of sp³-hybridized carbons (Fsp3) is 0.429. The van der Waals surface area contributed by atoms with Crippen LogP contribution in [0.5, 0.6) is 0 Å². The maximum absolute atomic E-state index is 5.27. The number of tetrazole rings is 1. The van der Waals surface area contributed by atoms with Crippen LogP contribution in [-0.4, -0.2) is 25.2 Å². The number of rotatable bonds is 3. The van der Waals surface area contributed by atoms with Gasteiger partial charge in [0.15, 0.2) is 0 Å². The maximum Gasteiger partial charge on any atom is 0.243 e. The van der Waals surface area contributed by atoms with Gasteiger partial charge in [-0.25, -0.2) is 9.67 Å². The molecule has 1 N–H and O–H groups in total. The Morgan fingerprint density at radius 2 is 2.43 bits per heavy atom. The number of oxazole rings is 1. The summed E-state index contributed by atoms with van der Waals surface area (Å²) >= 11 is 0. The van der Waals surface area contributed by atoms with Crippen molar-refractivity contribution in [2.75, 3.05) is 5.32 Å². The number of aromatic nitrogens is 5. The quantitative estimate of drug-likeness (QED) is 0.747. The van der Waals surface area contributed by atoms with Crippen LogP contribution in [0, 0.1) is 6.92 Å². The Hall–Kier alpha value is -1.92. The van der Waals surface area contributed by atoms with Crippen molar-refractivity contribution in [2.45, 2.75) is 13.5 Å². The van der Waals surface area contributed by atoms with Crippen molar-refractivity contribution in [1.29, 1.82) is 0 Å². The van der Waals surface area contributed by atoms with Crippen LogP contribution in [0.3, 0.4) is 0 Å². The minimum Gasteiger partial charge on any atom is -0.444 e. The van der Waals surface area contributed by atoms with E-state index < -0.39 is 0 Å². The molecule has 0 unspecified atom stereocenters. The van der Waals surface area contributed by atoms with E-state index in [1.165, 1.54) is 4.68 Å². The molecule has 0 atom stereocenters. The van der Waals surface area contributed by atoms with Crippen LogP contribution >= 0.6 is 0 Å². The second kappa shape index (κ2) is 3.44. The van der Waals surface area contributed by atoms with Gasteiger partial charge in [-0.2, -0.15) is 0 Å². The summed E-state index contributed by atoms with van der Waals surface area (Å²) in [7, 11) is 1.75. The summed E-state index contributed by atoms with van der Waals surface area (Å²) in [5.74, 6) is 1.99. The Kier molecular flexibility index (Phi) is 2.13. The van der Waals surface area contributed by atoms with Gasteiger partial charge in [0.2, 0.25) is 11.8 Å². The smallest absolute Gasteiger partial charge is 0.243 e. The molecule has 2 rings (SSSR count). The number of nitrogens with zero attached hydrogens (tertiary/aromatic N) is 5. The van der Waals surface area contributed by atoms with Crippen LogP contribution < -0.4 is 5.32 Å². The molecule has 0 saturated heterocycles. The van der Waals surface area contributed by atoms with Gasteiger partial charge < -0.3 is 9.73 Å². The summed E-state index contributed by atoms with van der Waals surface area (Å²) in [4.78, 5) is 4.04. The van der Waals surface area contributed by atoms with E-state index in [2.05, 4.69) is 25.8 Å². The lowest BCUT2D eigenvalue weighted by molar-refractivity contribution is 0.478. The van der Waals surface area contributed by atoms with E-state index in [1.54, 1.807) is 13.2 Å². The first-order valence-electron chi connectivity index (χ1n) is 4.13. The monoisotopic (exact) mass is 194 g/mol. The molecule has 0 amide bonds. The summed E-state index contributed by atoms with van der Waals surface area (Å²) < 4.78 is 6.81. The maximum atomic E-state index is 5.27. The SMILES string of the molecule is Cc1cnc(CNc2nnnn2C)o1. The zero-order valence-corrected chi connectivity index (χ0v) is 7.93. The molecule has 14 heavy (non-hydrogen) atoms. The molecular weight excluding hydrogens is 184 g/mol. The summed E-state index contributed by atoms with van der Waals surface area (Å²) in [6, 6.07) is 0. The molecule has 0 aliphatic heterocycles. The molecule has 0 aromatic carbocycles. The van der Waals surface area contributed by atoms with Crippen molar-refractivity contribution in [3.8, 4) is 0 Å². The third kappa shape index (κ3) is 1.70. The molecule has 7 nitrogen and oxygen atoms in total. The highest BCUT2D eigenvalue weighted by atomic mass is 16.4. The molecule has 0 fully saturated rings. The van der Waals surface area contributed by atoms with Gasteiger partial charge in [0.1, 0.15) is 5.76 Å². The van der Waals surface area contributed by atoms with Gasteiger partial charge >= 0.3 is 0 Å². The van der Waals surface area contributed by atoms with E-state index in [1.807, 2.05) is 6.92 Å². The highest BCUT2D eigenvalue weighted by Gasteiger charge is 2.03. The number of nitrogens with one attached hydrogen (secondary N) is 1. The predicted octanol–water partition coefficient (Wildman–Crippen LogP) is 0.119. The fourth-order valence-electron chi connectivity index (χ4n) is 1.02. The average molecular weight is 194 g/mol. The van der Waals surface area contributed by atoms with Gasteiger partial charge in [-0.15, -0.1) is 0 Å². The zero-order chi connectivity index (χ0) is 9.97. The fourth-order valence-corrected chi connectivity index (χ4v) is 1.02. The lowest BCUT2D eigenvalue weighted by Crippen LogP contribution is -2.05. The van der Waals surface area contributed by atoms with Gasteiger partial charge in [0.05, 0.1) is 12.7 Å². The molecule has 0 spiro atoms. The molecule has 2 aromatic rings. The van der Waals surface area contributed by atoms with Crippen molar-refractivity contribution < 1.29 is 4.42 Å². The van der Waals surface area contributed by atoms with Crippen LogP contribution in [0.4, 0.5) is 5.95 Å². The molecule has 0 saturated carbocycles. The molecule has 7 heteroatoms. The molecule has 0 radical (unpaired) electrons. The van der Waals surface area contributed by atoms with Gasteiger partial charge in [0.25, 0.3) is 0 Å². The number of hydrogen-bond donors (Lipinski definition) is 1. The van der Waals surface area contributed by atoms with Crippen molar-refractivity contribution in [3.63, 3.8) is 0 Å². The first-order valence-corrected chi connectivity index (χ1v) is 4.13. The van der Waals surface area contributed by atoms with Crippen molar-refractivity contribution in [1.82, 2.24) is 25.2 Å². The van der Waals surface area contributed by atoms with Crippen LogP contribution in [0.15, 0.2) is 10.6 Å². The second-order valence-electron chi connectivity index (χ2n) is 2.84. The molecule has 74 valence electrons. The highest BCUT2D eigenvalue weighted by Crippen LogP contribution is 2.04. The lowest BCUT2D eigenvalue weighted by atomic mass is 10.6. The Balaban J connectivity index is 1.98. The Labute approximate surface area is 80.1 Å². The van der Waals surface area contributed by atoms with E-state index in [0.717, 1.165) is 5.76 Å². The van der Waals surface area contributed by atoms with E-state index >= 15 is 0 Å². The highest BCUT2D eigenvalue weighted by molar-refractivity contribution is 5.21. The second-order valence-corrected chi connectivity index (χ2v) is 2.84. The minimum absolute atomic E-state index is 0.474. The normalized spacial score (nSPS) is 10.4. The number of anilines is 1. The van der Waals surface area contributed by atoms with Crippen molar-refractivity contribution >= 4 is 5.95 Å². The van der Waals surface area contributed by atoms with E-state index in [4.69, 9.17) is 4.42 Å². The van der Waals surface area contributed by atoms with Crippen molar-refractivity contribution in [3.05, 3.63) is 17.8 Å². The Morgan fingerprint density at radius 3 is 3.00 bits per heavy atom. The third-order valence-electron chi connectivity index (χ3n) is 1.69. The standard InChI is InChI=1S/C7H10N6O/c1-5-3-8-6(14-5)4-9-7-10-11-12-13(7)2/h3H,4H2,1-2H3,(H,9,10,12). The van der Waals surface area contributed by atoms with E-state index in [9.17, 15) is 0 Å². The first kappa shape index (κ1) is 8.67. The first-order chi connectivity index (χ1) is 6.75. The number of aryl methyl sites for hydroxylation is 2. The lowest BCUT2D eigenvalue weighted by Gasteiger charge is -1.99. The molecule has 0 aliphatic rings. The minimum atomic E-state index is 0.474. The van der Waals surface area contributed by atoms with Gasteiger partial charge in [-0.3, -0.25) is 0 Å². The van der Waals surface area contributed by atoms with Crippen LogP contribution in [0.2, 0.25) is 0 Å². The average Bonchev–Trinajstić information content (AvgIpc) is 2.72. The largest absolute Gasteiger partial charge is 0.444 e. The predicted molar refractivity (Wildman–Crippen MR) is 47.4 cm³/mol. The van der Waals surface area contributed by atoms with E-state index in [-0.39, 0.29) is 0 Å². The molecule has 0 aliphatic carbocycles. The Morgan fingerprint density at radius 1 is 1.57 bits per heavy atom. The van der Waals surface area contributed by atoms with Crippen LogP contribution in [0.1, 0.15) is 11.7 Å². The summed E-state index contributed by atoms with van der Waals surface area (Å²) in [5, 5.41) is 13.9. The van der Waals surface area contributed by atoms with Crippen molar-refractivity contribution in [2.24, 2.45) is 7.05 Å². The third-order valence-corrected chi connectivity index (χ3v) is 1.69. The molecular formula is C7H10N6O. The van der Waals surface area contributed by atoms with Crippen LogP contribution in [-0.2, 0) is 13.6 Å². The number of hydrogen-bond acceptors (Lipinski definition) is 6. The van der Waals surface area contributed by atoms with Gasteiger partial charge in [0, 0.05) is 7.05 Å². The topological polar surface area (TPSA) is 81.7 Å². The Bertz CT molecular complexity index is 419.